The minimum Gasteiger partial charge on any atom is -0.306 e. The minimum atomic E-state index is 0.869. The highest BCUT2D eigenvalue weighted by molar-refractivity contribution is 4.75. The van der Waals surface area contributed by atoms with Gasteiger partial charge in [0.2, 0.25) is 0 Å². The predicted molar refractivity (Wildman–Crippen MR) is 54.2 cm³/mol. The molecule has 0 radical (unpaired) electrons. The van der Waals surface area contributed by atoms with Gasteiger partial charge in [-0.15, -0.1) is 0 Å². The fraction of sp³-hybridized carbons (Fsp3) is 1.00. The first-order valence-electron chi connectivity index (χ1n) is 5.26. The number of rotatable bonds is 2. The first kappa shape index (κ1) is 10.0. The molecule has 0 saturated carbocycles. The quantitative estimate of drug-likeness (QED) is 0.614. The van der Waals surface area contributed by atoms with E-state index in [1.807, 2.05) is 0 Å². The lowest BCUT2D eigenvalue weighted by Gasteiger charge is -2.34. The van der Waals surface area contributed by atoms with E-state index >= 15 is 0 Å². The zero-order valence-electron chi connectivity index (χ0n) is 9.01. The van der Waals surface area contributed by atoms with Crippen LogP contribution in [0, 0.1) is 17.8 Å². The fourth-order valence-electron chi connectivity index (χ4n) is 2.60. The van der Waals surface area contributed by atoms with Crippen molar-refractivity contribution < 1.29 is 0 Å². The summed E-state index contributed by atoms with van der Waals surface area (Å²) in [5, 5.41) is 0. The molecule has 0 spiro atoms. The summed E-state index contributed by atoms with van der Waals surface area (Å²) >= 11 is 0. The van der Waals surface area contributed by atoms with Crippen molar-refractivity contribution in [2.75, 3.05) is 20.1 Å². The summed E-state index contributed by atoms with van der Waals surface area (Å²) in [6, 6.07) is 0. The molecular weight excluding hydrogens is 146 g/mol. The lowest BCUT2D eigenvalue weighted by molar-refractivity contribution is 0.146. The van der Waals surface area contributed by atoms with E-state index in [9.17, 15) is 0 Å². The fourth-order valence-corrected chi connectivity index (χ4v) is 2.60. The number of hydrogen-bond donors (Lipinski definition) is 0. The van der Waals surface area contributed by atoms with E-state index < -0.39 is 0 Å². The van der Waals surface area contributed by atoms with Gasteiger partial charge in [0.05, 0.1) is 0 Å². The van der Waals surface area contributed by atoms with Crippen molar-refractivity contribution in [3.05, 3.63) is 0 Å². The minimum absolute atomic E-state index is 0.869. The van der Waals surface area contributed by atoms with E-state index in [0.29, 0.717) is 0 Å². The molecule has 1 saturated heterocycles. The van der Waals surface area contributed by atoms with Crippen LogP contribution < -0.4 is 0 Å². The predicted octanol–water partition coefficient (Wildman–Crippen LogP) is 2.62. The van der Waals surface area contributed by atoms with Crippen LogP contribution in [0.4, 0.5) is 0 Å². The lowest BCUT2D eigenvalue weighted by Crippen LogP contribution is -2.37. The second-order valence-electron chi connectivity index (χ2n) is 5.06. The van der Waals surface area contributed by atoms with Crippen molar-refractivity contribution in [3.8, 4) is 0 Å². The van der Waals surface area contributed by atoms with Crippen LogP contribution in [-0.2, 0) is 0 Å². The third kappa shape index (κ3) is 3.14. The average Bonchev–Trinajstić information content (AvgIpc) is 1.81. The zero-order chi connectivity index (χ0) is 9.14. The topological polar surface area (TPSA) is 3.24 Å². The molecule has 0 aromatic heterocycles. The van der Waals surface area contributed by atoms with Crippen molar-refractivity contribution in [1.82, 2.24) is 4.90 Å². The summed E-state index contributed by atoms with van der Waals surface area (Å²) in [7, 11) is 2.25. The number of likely N-dealkylation sites (tertiary alicyclic amines) is 1. The van der Waals surface area contributed by atoms with Gasteiger partial charge in [0.15, 0.2) is 0 Å². The number of piperidine rings is 1. The van der Waals surface area contributed by atoms with E-state index in [1.54, 1.807) is 0 Å². The van der Waals surface area contributed by atoms with Gasteiger partial charge in [-0.25, -0.2) is 0 Å². The van der Waals surface area contributed by atoms with Gasteiger partial charge in [0.25, 0.3) is 0 Å². The second-order valence-corrected chi connectivity index (χ2v) is 5.06. The smallest absolute Gasteiger partial charge is 0.000693 e. The Morgan fingerprint density at radius 1 is 1.33 bits per heavy atom. The lowest BCUT2D eigenvalue weighted by atomic mass is 9.85. The van der Waals surface area contributed by atoms with Gasteiger partial charge in [0.1, 0.15) is 0 Å². The van der Waals surface area contributed by atoms with E-state index in [0.717, 1.165) is 17.8 Å². The van der Waals surface area contributed by atoms with Gasteiger partial charge in [-0.1, -0.05) is 20.8 Å². The summed E-state index contributed by atoms with van der Waals surface area (Å²) in [6.45, 7) is 9.67. The summed E-state index contributed by atoms with van der Waals surface area (Å²) in [5.41, 5.74) is 0. The van der Waals surface area contributed by atoms with Gasteiger partial charge in [0, 0.05) is 13.1 Å². The Balaban J connectivity index is 2.34. The molecule has 1 heterocycles. The largest absolute Gasteiger partial charge is 0.306 e. The van der Waals surface area contributed by atoms with Gasteiger partial charge in [-0.2, -0.15) is 0 Å². The molecule has 0 bridgehead atoms. The third-order valence-corrected chi connectivity index (χ3v) is 2.73. The standard InChI is InChI=1S/C11H23N/c1-9(2)5-11-6-10(3)7-12(4)8-11/h9-11H,5-8H2,1-4H3/t10-,11+/m0/s1. The third-order valence-electron chi connectivity index (χ3n) is 2.73. The number of hydrogen-bond acceptors (Lipinski definition) is 1. The van der Waals surface area contributed by atoms with E-state index in [2.05, 4.69) is 32.7 Å². The molecule has 72 valence electrons. The molecule has 1 heteroatoms. The summed E-state index contributed by atoms with van der Waals surface area (Å²) in [5.74, 6) is 2.74. The molecule has 1 rings (SSSR count). The van der Waals surface area contributed by atoms with Crippen LogP contribution in [0.25, 0.3) is 0 Å². The molecule has 1 aliphatic rings. The first-order chi connectivity index (χ1) is 5.58. The van der Waals surface area contributed by atoms with Crippen LogP contribution in [0.1, 0.15) is 33.6 Å². The molecule has 0 aliphatic carbocycles. The molecule has 0 aromatic carbocycles. The molecule has 0 amide bonds. The monoisotopic (exact) mass is 169 g/mol. The summed E-state index contributed by atoms with van der Waals surface area (Å²) in [6.07, 6.45) is 2.86. The summed E-state index contributed by atoms with van der Waals surface area (Å²) < 4.78 is 0. The average molecular weight is 169 g/mol. The Hall–Kier alpha value is -0.0400. The van der Waals surface area contributed by atoms with Crippen molar-refractivity contribution in [2.24, 2.45) is 17.8 Å². The molecule has 2 atom stereocenters. The molecule has 1 aliphatic heterocycles. The van der Waals surface area contributed by atoms with E-state index in [-0.39, 0.29) is 0 Å². The van der Waals surface area contributed by atoms with Crippen LogP contribution in [0.2, 0.25) is 0 Å². The molecule has 12 heavy (non-hydrogen) atoms. The first-order valence-corrected chi connectivity index (χ1v) is 5.26. The molecular formula is C11H23N. The highest BCUT2D eigenvalue weighted by atomic mass is 15.1. The van der Waals surface area contributed by atoms with E-state index in [4.69, 9.17) is 0 Å². The summed E-state index contributed by atoms with van der Waals surface area (Å²) in [4.78, 5) is 2.49. The van der Waals surface area contributed by atoms with Gasteiger partial charge in [-0.3, -0.25) is 0 Å². The molecule has 0 aromatic rings. The Kier molecular flexibility index (Phi) is 3.57. The normalized spacial score (nSPS) is 32.8. The van der Waals surface area contributed by atoms with Crippen LogP contribution in [-0.4, -0.2) is 25.0 Å². The highest BCUT2D eigenvalue weighted by Crippen LogP contribution is 2.25. The van der Waals surface area contributed by atoms with Crippen molar-refractivity contribution in [2.45, 2.75) is 33.6 Å². The maximum absolute atomic E-state index is 2.49. The maximum Gasteiger partial charge on any atom is 0.000693 e. The zero-order valence-corrected chi connectivity index (χ0v) is 9.01. The van der Waals surface area contributed by atoms with Crippen molar-refractivity contribution >= 4 is 0 Å². The number of nitrogens with zero attached hydrogens (tertiary/aromatic N) is 1. The molecule has 1 nitrogen and oxygen atoms in total. The van der Waals surface area contributed by atoms with E-state index in [1.165, 1.54) is 25.9 Å². The SMILES string of the molecule is CC(C)C[C@@H]1C[C@H](C)CN(C)C1. The van der Waals surface area contributed by atoms with Crippen LogP contribution in [0.5, 0.6) is 0 Å². The Morgan fingerprint density at radius 2 is 2.00 bits per heavy atom. The van der Waals surface area contributed by atoms with Gasteiger partial charge in [-0.05, 0) is 37.6 Å². The Morgan fingerprint density at radius 3 is 2.50 bits per heavy atom. The highest BCUT2D eigenvalue weighted by Gasteiger charge is 2.22. The van der Waals surface area contributed by atoms with Crippen LogP contribution >= 0.6 is 0 Å². The van der Waals surface area contributed by atoms with Crippen LogP contribution in [0.15, 0.2) is 0 Å². The maximum atomic E-state index is 2.49. The van der Waals surface area contributed by atoms with Crippen LogP contribution in [0.3, 0.4) is 0 Å². The molecule has 0 N–H and O–H groups in total. The Bertz CT molecular complexity index is 118. The van der Waals surface area contributed by atoms with Crippen molar-refractivity contribution in [1.29, 1.82) is 0 Å². The molecule has 0 unspecified atom stereocenters. The Labute approximate surface area is 77.1 Å². The molecule has 1 fully saturated rings. The van der Waals surface area contributed by atoms with Crippen molar-refractivity contribution in [3.63, 3.8) is 0 Å². The van der Waals surface area contributed by atoms with Gasteiger partial charge < -0.3 is 4.90 Å². The van der Waals surface area contributed by atoms with Gasteiger partial charge >= 0.3 is 0 Å². The second kappa shape index (κ2) is 4.27.